The first kappa shape index (κ1) is 14.8. The quantitative estimate of drug-likeness (QED) is 0.652. The molecule has 0 spiro atoms. The number of hydrogen-bond acceptors (Lipinski definition) is 3. The molecule has 0 bridgehead atoms. The Morgan fingerprint density at radius 3 is 2.79 bits per heavy atom. The lowest BCUT2D eigenvalue weighted by atomic mass is 10.1. The molecule has 0 aromatic heterocycles. The number of nitriles is 1. The molecule has 0 radical (unpaired) electrons. The van der Waals surface area contributed by atoms with Gasteiger partial charge in [-0.3, -0.25) is 4.79 Å². The van der Waals surface area contributed by atoms with Gasteiger partial charge in [0.2, 0.25) is 0 Å². The standard InChI is InChI=1S/C15H18N2O2/c1-4-11(2)19-14-8-6-5-7-12(14)9-13(10-16)15(18)17-3/h5-9,11H,4H2,1-3H3,(H,17,18)/b13-9+/t11-/m0/s1. The van der Waals surface area contributed by atoms with E-state index in [4.69, 9.17) is 10.00 Å². The smallest absolute Gasteiger partial charge is 0.261 e. The highest BCUT2D eigenvalue weighted by Crippen LogP contribution is 2.22. The van der Waals surface area contributed by atoms with Gasteiger partial charge >= 0.3 is 0 Å². The van der Waals surface area contributed by atoms with Crippen LogP contribution in [-0.2, 0) is 4.79 Å². The van der Waals surface area contributed by atoms with Crippen molar-refractivity contribution in [3.05, 3.63) is 35.4 Å². The van der Waals surface area contributed by atoms with E-state index in [-0.39, 0.29) is 11.7 Å². The van der Waals surface area contributed by atoms with Crippen molar-refractivity contribution < 1.29 is 9.53 Å². The number of ether oxygens (including phenoxy) is 1. The van der Waals surface area contributed by atoms with Crippen LogP contribution in [0.2, 0.25) is 0 Å². The van der Waals surface area contributed by atoms with Gasteiger partial charge in [-0.1, -0.05) is 25.1 Å². The molecule has 0 aliphatic carbocycles. The summed E-state index contributed by atoms with van der Waals surface area (Å²) in [5, 5.41) is 11.4. The molecule has 0 aliphatic heterocycles. The van der Waals surface area contributed by atoms with Crippen molar-refractivity contribution in [2.45, 2.75) is 26.4 Å². The van der Waals surface area contributed by atoms with Crippen LogP contribution in [0.1, 0.15) is 25.8 Å². The molecule has 4 heteroatoms. The maximum Gasteiger partial charge on any atom is 0.261 e. The highest BCUT2D eigenvalue weighted by Gasteiger charge is 2.10. The van der Waals surface area contributed by atoms with Crippen molar-refractivity contribution in [3.8, 4) is 11.8 Å². The minimum atomic E-state index is -0.402. The van der Waals surface area contributed by atoms with E-state index in [1.54, 1.807) is 0 Å². The number of benzene rings is 1. The molecule has 0 saturated heterocycles. The average molecular weight is 258 g/mol. The fraction of sp³-hybridized carbons (Fsp3) is 0.333. The lowest BCUT2D eigenvalue weighted by Crippen LogP contribution is -2.19. The lowest BCUT2D eigenvalue weighted by molar-refractivity contribution is -0.116. The van der Waals surface area contributed by atoms with Gasteiger partial charge in [-0.05, 0) is 25.5 Å². The molecule has 1 N–H and O–H groups in total. The Morgan fingerprint density at radius 2 is 2.21 bits per heavy atom. The fourth-order valence-electron chi connectivity index (χ4n) is 1.45. The monoisotopic (exact) mass is 258 g/mol. The summed E-state index contributed by atoms with van der Waals surface area (Å²) < 4.78 is 5.77. The summed E-state index contributed by atoms with van der Waals surface area (Å²) in [6, 6.07) is 9.24. The van der Waals surface area contributed by atoms with E-state index < -0.39 is 5.91 Å². The van der Waals surface area contributed by atoms with Crippen molar-refractivity contribution in [1.82, 2.24) is 5.32 Å². The van der Waals surface area contributed by atoms with Crippen molar-refractivity contribution in [3.63, 3.8) is 0 Å². The normalized spacial score (nSPS) is 12.4. The van der Waals surface area contributed by atoms with Gasteiger partial charge < -0.3 is 10.1 Å². The maximum absolute atomic E-state index is 11.5. The summed E-state index contributed by atoms with van der Waals surface area (Å²) in [4.78, 5) is 11.5. The lowest BCUT2D eigenvalue weighted by Gasteiger charge is -2.14. The summed E-state index contributed by atoms with van der Waals surface area (Å²) in [5.74, 6) is 0.273. The third-order valence-electron chi connectivity index (χ3n) is 2.71. The molecule has 1 aromatic carbocycles. The summed E-state index contributed by atoms with van der Waals surface area (Å²) in [6.45, 7) is 4.01. The van der Waals surface area contributed by atoms with Crippen LogP contribution in [0.5, 0.6) is 5.75 Å². The van der Waals surface area contributed by atoms with Gasteiger partial charge in [0, 0.05) is 12.6 Å². The topological polar surface area (TPSA) is 62.1 Å². The van der Waals surface area contributed by atoms with Crippen LogP contribution in [0.15, 0.2) is 29.8 Å². The van der Waals surface area contributed by atoms with Gasteiger partial charge in [0.25, 0.3) is 5.91 Å². The van der Waals surface area contributed by atoms with Crippen molar-refractivity contribution in [2.24, 2.45) is 0 Å². The van der Waals surface area contributed by atoms with Gasteiger partial charge in [0.15, 0.2) is 0 Å². The SMILES string of the molecule is CC[C@H](C)Oc1ccccc1/C=C(\C#N)C(=O)NC. The van der Waals surface area contributed by atoms with Gasteiger partial charge in [-0.2, -0.15) is 5.26 Å². The second-order valence-electron chi connectivity index (χ2n) is 4.12. The highest BCUT2D eigenvalue weighted by atomic mass is 16.5. The average Bonchev–Trinajstić information content (AvgIpc) is 2.45. The highest BCUT2D eigenvalue weighted by molar-refractivity contribution is 6.01. The number of hydrogen-bond donors (Lipinski definition) is 1. The zero-order valence-corrected chi connectivity index (χ0v) is 11.4. The molecule has 4 nitrogen and oxygen atoms in total. The van der Waals surface area contributed by atoms with E-state index in [0.717, 1.165) is 12.0 Å². The second kappa shape index (κ2) is 7.22. The van der Waals surface area contributed by atoms with Crippen LogP contribution in [0.3, 0.4) is 0 Å². The van der Waals surface area contributed by atoms with Crippen LogP contribution in [0.25, 0.3) is 6.08 Å². The molecule has 1 atom stereocenters. The number of carbonyl (C=O) groups excluding carboxylic acids is 1. The molecule has 0 heterocycles. The largest absolute Gasteiger partial charge is 0.490 e. The minimum Gasteiger partial charge on any atom is -0.490 e. The molecular formula is C15H18N2O2. The second-order valence-corrected chi connectivity index (χ2v) is 4.12. The van der Waals surface area contributed by atoms with Crippen LogP contribution in [-0.4, -0.2) is 19.1 Å². The Balaban J connectivity index is 3.10. The van der Waals surface area contributed by atoms with Gasteiger partial charge in [0.1, 0.15) is 17.4 Å². The first-order chi connectivity index (χ1) is 9.12. The Labute approximate surface area is 113 Å². The number of para-hydroxylation sites is 1. The van der Waals surface area contributed by atoms with Gasteiger partial charge in [-0.15, -0.1) is 0 Å². The molecule has 0 unspecified atom stereocenters. The Kier molecular flexibility index (Phi) is 5.62. The minimum absolute atomic E-state index is 0.0581. The Morgan fingerprint density at radius 1 is 1.53 bits per heavy atom. The number of nitrogens with one attached hydrogen (secondary N) is 1. The van der Waals surface area contributed by atoms with Crippen LogP contribution < -0.4 is 10.1 Å². The Bertz CT molecular complexity index is 515. The predicted molar refractivity (Wildman–Crippen MR) is 74.5 cm³/mol. The number of amides is 1. The van der Waals surface area contributed by atoms with Crippen LogP contribution >= 0.6 is 0 Å². The summed E-state index contributed by atoms with van der Waals surface area (Å²) >= 11 is 0. The summed E-state index contributed by atoms with van der Waals surface area (Å²) in [5.41, 5.74) is 0.783. The zero-order chi connectivity index (χ0) is 14.3. The van der Waals surface area contributed by atoms with Crippen molar-refractivity contribution >= 4 is 12.0 Å². The molecular weight excluding hydrogens is 240 g/mol. The third-order valence-corrected chi connectivity index (χ3v) is 2.71. The zero-order valence-electron chi connectivity index (χ0n) is 11.4. The van der Waals surface area contributed by atoms with E-state index in [1.165, 1.54) is 13.1 Å². The molecule has 1 rings (SSSR count). The fourth-order valence-corrected chi connectivity index (χ4v) is 1.45. The van der Waals surface area contributed by atoms with E-state index in [2.05, 4.69) is 5.32 Å². The van der Waals surface area contributed by atoms with E-state index >= 15 is 0 Å². The number of rotatable bonds is 5. The van der Waals surface area contributed by atoms with Crippen molar-refractivity contribution in [2.75, 3.05) is 7.05 Å². The molecule has 19 heavy (non-hydrogen) atoms. The van der Waals surface area contributed by atoms with E-state index in [9.17, 15) is 4.79 Å². The first-order valence-electron chi connectivity index (χ1n) is 6.21. The van der Waals surface area contributed by atoms with Crippen molar-refractivity contribution in [1.29, 1.82) is 5.26 Å². The van der Waals surface area contributed by atoms with Gasteiger partial charge in [-0.25, -0.2) is 0 Å². The molecule has 100 valence electrons. The van der Waals surface area contributed by atoms with E-state index in [1.807, 2.05) is 44.2 Å². The number of nitrogens with zero attached hydrogens (tertiary/aromatic N) is 1. The molecule has 0 aliphatic rings. The molecule has 0 fully saturated rings. The maximum atomic E-state index is 11.5. The van der Waals surface area contributed by atoms with Crippen LogP contribution in [0.4, 0.5) is 0 Å². The van der Waals surface area contributed by atoms with E-state index in [0.29, 0.717) is 5.75 Å². The Hall–Kier alpha value is -2.28. The predicted octanol–water partition coefficient (Wildman–Crippen LogP) is 2.52. The molecule has 1 aromatic rings. The third kappa shape index (κ3) is 4.14. The van der Waals surface area contributed by atoms with Crippen LogP contribution in [0, 0.1) is 11.3 Å². The molecule has 1 amide bonds. The molecule has 0 saturated carbocycles. The summed E-state index contributed by atoms with van der Waals surface area (Å²) in [7, 11) is 1.50. The number of likely N-dealkylation sites (N-methyl/N-ethyl adjacent to an activating group) is 1. The van der Waals surface area contributed by atoms with Gasteiger partial charge in [0.05, 0.1) is 6.10 Å². The summed E-state index contributed by atoms with van der Waals surface area (Å²) in [6.07, 6.45) is 2.51. The first-order valence-corrected chi connectivity index (χ1v) is 6.21. The number of carbonyl (C=O) groups is 1.